The van der Waals surface area contributed by atoms with E-state index < -0.39 is 81.0 Å². The molecule has 0 spiro atoms. The summed E-state index contributed by atoms with van der Waals surface area (Å²) in [5.41, 5.74) is -0.988. The number of sulfonamides is 1. The molecule has 2 aromatic carbocycles. The first-order valence-electron chi connectivity index (χ1n) is 19.8. The molecule has 3 aliphatic rings. The lowest BCUT2D eigenvalue weighted by atomic mass is 9.85. The lowest BCUT2D eigenvalue weighted by Gasteiger charge is -2.36. The number of likely N-dealkylation sites (tertiary alicyclic amines) is 1. The second-order valence-corrected chi connectivity index (χ2v) is 26.7. The van der Waals surface area contributed by atoms with Crippen LogP contribution in [0.1, 0.15) is 73.6 Å². The molecule has 4 amide bonds. The number of aromatic nitrogens is 1. The Bertz CT molecular complexity index is 2210. The van der Waals surface area contributed by atoms with E-state index in [4.69, 9.17) is 19.2 Å². The quantitative estimate of drug-likeness (QED) is 0.192. The summed E-state index contributed by atoms with van der Waals surface area (Å²) in [6, 6.07) is 14.6. The van der Waals surface area contributed by atoms with Crippen molar-refractivity contribution in [2.24, 2.45) is 5.41 Å². The predicted molar refractivity (Wildman–Crippen MR) is 223 cm³/mol. The molecule has 3 fully saturated rings. The fourth-order valence-corrected chi connectivity index (χ4v) is 13.9. The number of nitrogens with zero attached hydrogens (tertiary/aromatic N) is 2. The summed E-state index contributed by atoms with van der Waals surface area (Å²) >= 11 is 0. The van der Waals surface area contributed by atoms with Crippen molar-refractivity contribution in [3.63, 3.8) is 0 Å². The van der Waals surface area contributed by atoms with Crippen LogP contribution in [0.2, 0.25) is 19.6 Å². The van der Waals surface area contributed by atoms with Crippen LogP contribution >= 0.6 is 0 Å². The van der Waals surface area contributed by atoms with E-state index in [-0.39, 0.29) is 25.8 Å². The maximum Gasteiger partial charge on any atom is 0.408 e. The zero-order valence-corrected chi connectivity index (χ0v) is 37.0. The van der Waals surface area contributed by atoms with Gasteiger partial charge in [-0.25, -0.2) is 18.2 Å². The van der Waals surface area contributed by atoms with Crippen molar-refractivity contribution in [3.05, 3.63) is 54.6 Å². The first-order valence-corrected chi connectivity index (χ1v) is 24.8. The van der Waals surface area contributed by atoms with Gasteiger partial charge in [0.05, 0.1) is 37.3 Å². The van der Waals surface area contributed by atoms with Gasteiger partial charge >= 0.3 is 6.09 Å². The highest BCUT2D eigenvalue weighted by molar-refractivity contribution is 7.93. The molecule has 1 aliphatic heterocycles. The van der Waals surface area contributed by atoms with E-state index in [1.165, 1.54) is 4.90 Å². The molecule has 0 radical (unpaired) electrons. The number of carbonyl (C=O) groups is 4. The highest BCUT2D eigenvalue weighted by Crippen LogP contribution is 2.50. The molecule has 3 aromatic rings. The highest BCUT2D eigenvalue weighted by atomic mass is 32.2. The molecule has 16 heteroatoms. The molecule has 1 aromatic heterocycles. The molecule has 14 nitrogen and oxygen atoms in total. The van der Waals surface area contributed by atoms with Crippen molar-refractivity contribution in [2.45, 2.75) is 127 Å². The summed E-state index contributed by atoms with van der Waals surface area (Å²) in [5.74, 6) is -0.865. The molecule has 314 valence electrons. The Labute approximate surface area is 342 Å². The van der Waals surface area contributed by atoms with Gasteiger partial charge in [0.25, 0.3) is 5.91 Å². The Morgan fingerprint density at radius 3 is 2.14 bits per heavy atom. The number of fused-ring (bicyclic) bond motifs is 1. The van der Waals surface area contributed by atoms with Crippen LogP contribution in [0.5, 0.6) is 11.5 Å². The van der Waals surface area contributed by atoms with Crippen molar-refractivity contribution >= 4 is 52.8 Å². The predicted octanol–water partition coefficient (Wildman–Crippen LogP) is 5.70. The summed E-state index contributed by atoms with van der Waals surface area (Å²) in [6.07, 6.45) is -0.0113. The number of pyridine rings is 1. The summed E-state index contributed by atoms with van der Waals surface area (Å²) in [7, 11) is -4.66. The third kappa shape index (κ3) is 8.82. The number of alkyl carbamates (subject to hydrolysis) is 1. The van der Waals surface area contributed by atoms with Crippen LogP contribution in [0.15, 0.2) is 54.6 Å². The number of nitrogens with one attached hydrogen (secondary N) is 3. The van der Waals surface area contributed by atoms with Crippen molar-refractivity contribution in [3.8, 4) is 22.8 Å². The number of ether oxygens (including phenoxy) is 3. The minimum absolute atomic E-state index is 0.0353. The SMILES string of the molecule is COc1ccc2c(OC3CC(C(=O)NC4(C(=O)NS(=O)(=O)C5([Si](C)(C)C)CC5)CC4)N(C(=O)C(NC(=O)OC(C)(C)C)C(C)(C)C)C3)cc(-c3ccccc3)nc2c1. The number of benzene rings is 2. The van der Waals surface area contributed by atoms with Gasteiger partial charge in [-0.2, -0.15) is 0 Å². The Balaban J connectivity index is 1.32. The molecule has 3 atom stereocenters. The summed E-state index contributed by atoms with van der Waals surface area (Å²) in [4.78, 5) is 62.2. The number of amides is 4. The summed E-state index contributed by atoms with van der Waals surface area (Å²) < 4.78 is 46.3. The monoisotopic (exact) mass is 835 g/mol. The summed E-state index contributed by atoms with van der Waals surface area (Å²) in [5, 5.41) is 6.27. The lowest BCUT2D eigenvalue weighted by Crippen LogP contribution is -2.61. The van der Waals surface area contributed by atoms with E-state index in [0.717, 1.165) is 5.56 Å². The fourth-order valence-electron chi connectivity index (χ4n) is 7.66. The van der Waals surface area contributed by atoms with Crippen molar-refractivity contribution in [2.75, 3.05) is 13.7 Å². The molecular weight excluding hydrogens is 779 g/mol. The van der Waals surface area contributed by atoms with Gasteiger partial charge in [-0.1, -0.05) is 70.7 Å². The molecule has 3 N–H and O–H groups in total. The average molecular weight is 836 g/mol. The normalized spacial score (nSPS) is 20.4. The van der Waals surface area contributed by atoms with Crippen molar-refractivity contribution < 1.29 is 41.8 Å². The van der Waals surface area contributed by atoms with Gasteiger partial charge < -0.3 is 29.7 Å². The molecule has 1 saturated heterocycles. The largest absolute Gasteiger partial charge is 0.497 e. The molecule has 0 bridgehead atoms. The van der Waals surface area contributed by atoms with E-state index in [1.807, 2.05) is 62.1 Å². The van der Waals surface area contributed by atoms with Crippen LogP contribution in [0, 0.1) is 5.41 Å². The van der Waals surface area contributed by atoms with Gasteiger partial charge in [-0.15, -0.1) is 0 Å². The van der Waals surface area contributed by atoms with Crippen LogP contribution in [0.3, 0.4) is 0 Å². The van der Waals surface area contributed by atoms with Crippen molar-refractivity contribution in [1.82, 2.24) is 25.2 Å². The van der Waals surface area contributed by atoms with E-state index in [9.17, 15) is 27.6 Å². The van der Waals surface area contributed by atoms with Gasteiger partial charge in [0.2, 0.25) is 21.8 Å². The number of carbonyl (C=O) groups excluding carboxylic acids is 4. The van der Waals surface area contributed by atoms with Crippen LogP contribution in [-0.4, -0.2) is 97.5 Å². The van der Waals surface area contributed by atoms with Gasteiger partial charge in [0.15, 0.2) is 0 Å². The minimum Gasteiger partial charge on any atom is -0.497 e. The maximum atomic E-state index is 14.7. The second kappa shape index (κ2) is 15.2. The Morgan fingerprint density at radius 1 is 0.931 bits per heavy atom. The zero-order chi connectivity index (χ0) is 42.6. The van der Waals surface area contributed by atoms with E-state index in [2.05, 4.69) is 15.4 Å². The first-order chi connectivity index (χ1) is 26.9. The van der Waals surface area contributed by atoms with Crippen LogP contribution in [-0.2, 0) is 29.1 Å². The van der Waals surface area contributed by atoms with Gasteiger partial charge in [-0.3, -0.25) is 19.1 Å². The Hall–Kier alpha value is -4.70. The van der Waals surface area contributed by atoms with Gasteiger partial charge in [0, 0.05) is 29.5 Å². The number of methoxy groups -OCH3 is 1. The van der Waals surface area contributed by atoms with Crippen LogP contribution in [0.4, 0.5) is 4.79 Å². The lowest BCUT2D eigenvalue weighted by molar-refractivity contribution is -0.143. The maximum absolute atomic E-state index is 14.7. The van der Waals surface area contributed by atoms with Gasteiger partial charge in [0.1, 0.15) is 40.8 Å². The van der Waals surface area contributed by atoms with Crippen LogP contribution in [0.25, 0.3) is 22.2 Å². The number of hydrogen-bond donors (Lipinski definition) is 3. The molecule has 58 heavy (non-hydrogen) atoms. The topological polar surface area (TPSA) is 182 Å². The minimum atomic E-state index is -4.01. The molecule has 2 heterocycles. The fraction of sp³-hybridized carbons (Fsp3) is 0.548. The highest BCUT2D eigenvalue weighted by Gasteiger charge is 2.64. The van der Waals surface area contributed by atoms with E-state index in [0.29, 0.717) is 40.9 Å². The number of rotatable bonds is 12. The molecule has 6 rings (SSSR count). The Kier molecular flexibility index (Phi) is 11.2. The number of hydrogen-bond acceptors (Lipinski definition) is 10. The van der Waals surface area contributed by atoms with Gasteiger partial charge in [-0.05, 0) is 64.0 Å². The third-order valence-corrected chi connectivity index (χ3v) is 19.1. The standard InChI is InChI=1S/C42H57N5O9SSi/c1-39(2,3)34(44-38(51)56-40(4,5)6)36(49)47-25-28(55-33-24-30(26-14-12-11-13-15-26)43-31-22-27(54-7)16-17-29(31)33)23-32(47)35(48)45-41(18-19-41)37(50)46-57(52,53)42(20-21-42)58(8,9)10/h11-17,22,24,28,32,34H,18-21,23,25H2,1-10H3,(H,44,51)(H,45,48)(H,46,50). The third-order valence-electron chi connectivity index (χ3n) is 11.3. The zero-order valence-electron chi connectivity index (χ0n) is 35.1. The average Bonchev–Trinajstić information content (AvgIpc) is 4.06. The molecule has 2 aliphatic carbocycles. The summed E-state index contributed by atoms with van der Waals surface area (Å²) in [6.45, 7) is 16.4. The van der Waals surface area contributed by atoms with Crippen molar-refractivity contribution in [1.29, 1.82) is 0 Å². The molecular formula is C42H57N5O9SSi. The molecule has 2 saturated carbocycles. The smallest absolute Gasteiger partial charge is 0.408 e. The second-order valence-electron chi connectivity index (χ2n) is 18.9. The van der Waals surface area contributed by atoms with E-state index >= 15 is 0 Å². The molecule has 3 unspecified atom stereocenters. The van der Waals surface area contributed by atoms with E-state index in [1.54, 1.807) is 60.8 Å². The first kappa shape index (κ1) is 42.9. The van der Waals surface area contributed by atoms with Crippen LogP contribution < -0.4 is 24.8 Å². The Morgan fingerprint density at radius 2 is 1.59 bits per heavy atom.